The summed E-state index contributed by atoms with van der Waals surface area (Å²) in [5.74, 6) is 0.983. The van der Waals surface area contributed by atoms with Crippen LogP contribution in [0.25, 0.3) is 0 Å². The van der Waals surface area contributed by atoms with Crippen LogP contribution in [0.15, 0.2) is 24.3 Å². The van der Waals surface area contributed by atoms with Gasteiger partial charge in [-0.3, -0.25) is 9.59 Å². The van der Waals surface area contributed by atoms with Gasteiger partial charge >= 0.3 is 6.09 Å². The first kappa shape index (κ1) is 26.5. The van der Waals surface area contributed by atoms with Crippen molar-refractivity contribution in [1.29, 1.82) is 0 Å². The summed E-state index contributed by atoms with van der Waals surface area (Å²) in [6, 6.07) is 7.83. The van der Waals surface area contributed by atoms with E-state index in [-0.39, 0.29) is 24.8 Å². The molecule has 1 aromatic rings. The van der Waals surface area contributed by atoms with E-state index in [9.17, 15) is 14.4 Å². The summed E-state index contributed by atoms with van der Waals surface area (Å²) >= 11 is 0. The Morgan fingerprint density at radius 2 is 1.58 bits per heavy atom. The molecule has 0 bridgehead atoms. The van der Waals surface area contributed by atoms with E-state index >= 15 is 0 Å². The highest BCUT2D eigenvalue weighted by Gasteiger charge is 2.26. The van der Waals surface area contributed by atoms with E-state index in [1.807, 2.05) is 24.3 Å². The summed E-state index contributed by atoms with van der Waals surface area (Å²) < 4.78 is 11.0. The van der Waals surface area contributed by atoms with Crippen molar-refractivity contribution in [2.75, 3.05) is 32.7 Å². The highest BCUT2D eigenvalue weighted by molar-refractivity contribution is 5.81. The molecule has 8 nitrogen and oxygen atoms in total. The number of hydrogen-bond donors (Lipinski definition) is 1. The third-order valence-corrected chi connectivity index (χ3v) is 5.37. The molecule has 2 rings (SSSR count). The molecule has 1 heterocycles. The summed E-state index contributed by atoms with van der Waals surface area (Å²) in [5.41, 5.74) is 0.646. The quantitative estimate of drug-likeness (QED) is 0.671. The Labute approximate surface area is 197 Å². The zero-order chi connectivity index (χ0) is 24.6. The predicted molar refractivity (Wildman–Crippen MR) is 127 cm³/mol. The van der Waals surface area contributed by atoms with Gasteiger partial charge in [-0.1, -0.05) is 26.0 Å². The van der Waals surface area contributed by atoms with Crippen LogP contribution in [-0.2, 0) is 14.3 Å². The lowest BCUT2D eigenvalue weighted by Crippen LogP contribution is -2.43. The molecule has 0 saturated carbocycles. The Bertz CT molecular complexity index is 801. The van der Waals surface area contributed by atoms with Crippen molar-refractivity contribution in [3.05, 3.63) is 29.8 Å². The second-order valence-electron chi connectivity index (χ2n) is 9.72. The van der Waals surface area contributed by atoms with Gasteiger partial charge in [-0.2, -0.15) is 0 Å². The Morgan fingerprint density at radius 3 is 2.18 bits per heavy atom. The molecule has 1 aliphatic heterocycles. The number of alkyl carbamates (subject to hydrolysis) is 1. The van der Waals surface area contributed by atoms with Crippen molar-refractivity contribution in [2.24, 2.45) is 0 Å². The first-order chi connectivity index (χ1) is 15.5. The average molecular weight is 462 g/mol. The molecule has 1 unspecified atom stereocenters. The van der Waals surface area contributed by atoms with Gasteiger partial charge in [0.05, 0.1) is 0 Å². The fraction of sp³-hybridized carbons (Fsp3) is 0.640. The van der Waals surface area contributed by atoms with Gasteiger partial charge in [-0.05, 0) is 57.7 Å². The van der Waals surface area contributed by atoms with Crippen LogP contribution in [0.4, 0.5) is 4.79 Å². The van der Waals surface area contributed by atoms with Gasteiger partial charge in [-0.25, -0.2) is 4.79 Å². The first-order valence-corrected chi connectivity index (χ1v) is 11.8. The van der Waals surface area contributed by atoms with E-state index in [0.717, 1.165) is 0 Å². The molecule has 0 aliphatic carbocycles. The number of carbonyl (C=O) groups excluding carboxylic acids is 3. The van der Waals surface area contributed by atoms with Gasteiger partial charge in [0.1, 0.15) is 11.4 Å². The summed E-state index contributed by atoms with van der Waals surface area (Å²) in [6.45, 7) is 13.7. The van der Waals surface area contributed by atoms with E-state index in [4.69, 9.17) is 9.47 Å². The molecule has 0 spiro atoms. The number of benzene rings is 1. The minimum absolute atomic E-state index is 0.0464. The first-order valence-electron chi connectivity index (χ1n) is 11.8. The Morgan fingerprint density at radius 1 is 0.970 bits per heavy atom. The second kappa shape index (κ2) is 11.9. The van der Waals surface area contributed by atoms with Gasteiger partial charge in [0.25, 0.3) is 5.91 Å². The molecule has 1 N–H and O–H groups in total. The van der Waals surface area contributed by atoms with Crippen LogP contribution < -0.4 is 10.1 Å². The molecule has 33 heavy (non-hydrogen) atoms. The SMILES string of the molecule is CC(Oc1ccc(C(C)C)cc1)C(=O)N1CCCN(C(=O)CCNC(=O)OC(C)(C)C)CC1. The van der Waals surface area contributed by atoms with Crippen LogP contribution in [0.5, 0.6) is 5.75 Å². The van der Waals surface area contributed by atoms with E-state index in [0.29, 0.717) is 44.3 Å². The fourth-order valence-electron chi connectivity index (χ4n) is 3.57. The lowest BCUT2D eigenvalue weighted by atomic mass is 10.0. The molecule has 8 heteroatoms. The maximum atomic E-state index is 12.9. The predicted octanol–water partition coefficient (Wildman–Crippen LogP) is 3.55. The van der Waals surface area contributed by atoms with Crippen molar-refractivity contribution in [3.63, 3.8) is 0 Å². The van der Waals surface area contributed by atoms with E-state index < -0.39 is 17.8 Å². The smallest absolute Gasteiger partial charge is 0.407 e. The van der Waals surface area contributed by atoms with Crippen molar-refractivity contribution in [1.82, 2.24) is 15.1 Å². The molecular weight excluding hydrogens is 422 g/mol. The van der Waals surface area contributed by atoms with Crippen LogP contribution in [-0.4, -0.2) is 72.1 Å². The number of ether oxygens (including phenoxy) is 2. The number of hydrogen-bond acceptors (Lipinski definition) is 5. The van der Waals surface area contributed by atoms with Crippen molar-refractivity contribution in [2.45, 2.75) is 72.0 Å². The zero-order valence-corrected chi connectivity index (χ0v) is 20.8. The average Bonchev–Trinajstić information content (AvgIpc) is 2.98. The third-order valence-electron chi connectivity index (χ3n) is 5.37. The molecule has 1 fully saturated rings. The minimum atomic E-state index is -0.602. The van der Waals surface area contributed by atoms with Crippen molar-refractivity contribution in [3.8, 4) is 5.75 Å². The van der Waals surface area contributed by atoms with E-state index in [1.54, 1.807) is 37.5 Å². The van der Waals surface area contributed by atoms with Gasteiger partial charge in [-0.15, -0.1) is 0 Å². The molecule has 1 atom stereocenters. The number of rotatable bonds is 7. The van der Waals surface area contributed by atoms with Gasteiger partial charge in [0.2, 0.25) is 5.91 Å². The van der Waals surface area contributed by atoms with Crippen LogP contribution in [0.1, 0.15) is 65.9 Å². The Hall–Kier alpha value is -2.77. The number of nitrogens with zero attached hydrogens (tertiary/aromatic N) is 2. The molecule has 0 aromatic heterocycles. The summed E-state index contributed by atoms with van der Waals surface area (Å²) in [7, 11) is 0. The molecular formula is C25H39N3O5. The van der Waals surface area contributed by atoms with Crippen LogP contribution in [0.2, 0.25) is 0 Å². The minimum Gasteiger partial charge on any atom is -0.481 e. The lowest BCUT2D eigenvalue weighted by Gasteiger charge is -2.25. The third kappa shape index (κ3) is 8.94. The van der Waals surface area contributed by atoms with Crippen LogP contribution >= 0.6 is 0 Å². The zero-order valence-electron chi connectivity index (χ0n) is 20.8. The van der Waals surface area contributed by atoms with E-state index in [2.05, 4.69) is 19.2 Å². The fourth-order valence-corrected chi connectivity index (χ4v) is 3.57. The number of nitrogens with one attached hydrogen (secondary N) is 1. The maximum Gasteiger partial charge on any atom is 0.407 e. The Balaban J connectivity index is 1.79. The van der Waals surface area contributed by atoms with Crippen LogP contribution in [0.3, 0.4) is 0 Å². The van der Waals surface area contributed by atoms with Gasteiger partial charge in [0, 0.05) is 39.1 Å². The molecule has 1 aromatic carbocycles. The molecule has 1 saturated heterocycles. The monoisotopic (exact) mass is 461 g/mol. The normalized spacial score (nSPS) is 15.6. The highest BCUT2D eigenvalue weighted by Crippen LogP contribution is 2.20. The molecule has 1 aliphatic rings. The number of carbonyl (C=O) groups is 3. The summed E-state index contributed by atoms with van der Waals surface area (Å²) in [6.07, 6.45) is -0.239. The standard InChI is InChI=1S/C25H39N3O5/c1-18(2)20-8-10-21(11-9-20)32-19(3)23(30)28-15-7-14-27(16-17-28)22(29)12-13-26-24(31)33-25(4,5)6/h8-11,18-19H,7,12-17H2,1-6H3,(H,26,31). The van der Waals surface area contributed by atoms with Crippen molar-refractivity contribution >= 4 is 17.9 Å². The number of amides is 3. The topological polar surface area (TPSA) is 88.2 Å². The lowest BCUT2D eigenvalue weighted by molar-refractivity contribution is -0.138. The van der Waals surface area contributed by atoms with Crippen LogP contribution in [0, 0.1) is 0 Å². The van der Waals surface area contributed by atoms with Gasteiger partial charge in [0.15, 0.2) is 6.10 Å². The van der Waals surface area contributed by atoms with Crippen molar-refractivity contribution < 1.29 is 23.9 Å². The molecule has 3 amide bonds. The summed E-state index contributed by atoms with van der Waals surface area (Å²) in [5, 5.41) is 2.61. The highest BCUT2D eigenvalue weighted by atomic mass is 16.6. The Kier molecular flexibility index (Phi) is 9.56. The molecule has 184 valence electrons. The molecule has 0 radical (unpaired) electrons. The largest absolute Gasteiger partial charge is 0.481 e. The van der Waals surface area contributed by atoms with Gasteiger partial charge < -0.3 is 24.6 Å². The maximum absolute atomic E-state index is 12.9. The van der Waals surface area contributed by atoms with E-state index in [1.165, 1.54) is 5.56 Å². The summed E-state index contributed by atoms with van der Waals surface area (Å²) in [4.78, 5) is 40.7. The second-order valence-corrected chi connectivity index (χ2v) is 9.72.